The summed E-state index contributed by atoms with van der Waals surface area (Å²) < 4.78 is 0. The monoisotopic (exact) mass is 258 g/mol. The third kappa shape index (κ3) is 3.40. The first-order valence-corrected chi connectivity index (χ1v) is 6.67. The van der Waals surface area contributed by atoms with Gasteiger partial charge in [0.2, 0.25) is 0 Å². The average molecular weight is 258 g/mol. The van der Waals surface area contributed by atoms with E-state index in [1.54, 1.807) is 0 Å². The largest absolute Gasteiger partial charge is 0.279 e. The van der Waals surface area contributed by atoms with Gasteiger partial charge in [-0.25, -0.2) is 10.4 Å². The predicted molar refractivity (Wildman–Crippen MR) is 75.7 cm³/mol. The van der Waals surface area contributed by atoms with Crippen LogP contribution in [0.25, 0.3) is 0 Å². The van der Waals surface area contributed by atoms with E-state index in [1.807, 2.05) is 0 Å². The highest BCUT2D eigenvalue weighted by Gasteiger charge is 2.37. The van der Waals surface area contributed by atoms with Crippen LogP contribution in [0.1, 0.15) is 12.8 Å². The summed E-state index contributed by atoms with van der Waals surface area (Å²) in [6.07, 6.45) is 2.25. The Morgan fingerprint density at radius 1 is 1.00 bits per heavy atom. The maximum atomic E-state index is 3.24. The van der Waals surface area contributed by atoms with E-state index in [0.717, 1.165) is 26.1 Å². The number of hydrazine groups is 2. The number of nitrogens with zero attached hydrogens (tertiary/aromatic N) is 4. The lowest BCUT2D eigenvalue weighted by Gasteiger charge is -2.50. The lowest BCUT2D eigenvalue weighted by atomic mass is 10.1. The molecule has 0 aromatic rings. The van der Waals surface area contributed by atoms with Crippen LogP contribution in [0.4, 0.5) is 0 Å². The topological polar surface area (TPSA) is 37.0 Å². The number of hydrogen-bond acceptors (Lipinski definition) is 6. The molecule has 1 aliphatic rings. The molecule has 1 aliphatic heterocycles. The van der Waals surface area contributed by atoms with Crippen molar-refractivity contribution in [3.8, 4) is 0 Å². The fraction of sp³-hybridized carbons (Fsp3) is 1.00. The molecule has 0 amide bonds. The molecule has 2 N–H and O–H groups in total. The third-order valence-corrected chi connectivity index (χ3v) is 3.83. The van der Waals surface area contributed by atoms with Gasteiger partial charge in [0, 0.05) is 26.1 Å². The van der Waals surface area contributed by atoms with Crippen molar-refractivity contribution in [2.45, 2.75) is 18.6 Å². The smallest absolute Gasteiger partial charge is 0.130 e. The molecule has 0 aromatic carbocycles. The molecule has 0 aromatic heterocycles. The highest BCUT2D eigenvalue weighted by atomic mass is 15.7. The molecule has 0 aliphatic carbocycles. The molecule has 1 heterocycles. The first-order chi connectivity index (χ1) is 8.41. The maximum absolute atomic E-state index is 3.24. The highest BCUT2D eigenvalue weighted by molar-refractivity contribution is 4.83. The number of nitrogens with one attached hydrogen (secondary N) is 2. The molecule has 0 spiro atoms. The van der Waals surface area contributed by atoms with E-state index in [-0.39, 0.29) is 5.79 Å². The van der Waals surface area contributed by atoms with Crippen molar-refractivity contribution in [1.29, 1.82) is 0 Å². The molecule has 6 heteroatoms. The van der Waals surface area contributed by atoms with Gasteiger partial charge < -0.3 is 0 Å². The number of hydrogen-bond donors (Lipinski definition) is 2. The van der Waals surface area contributed by atoms with Gasteiger partial charge in [-0.2, -0.15) is 5.53 Å². The van der Waals surface area contributed by atoms with Crippen LogP contribution >= 0.6 is 0 Å². The predicted octanol–water partition coefficient (Wildman–Crippen LogP) is -0.570. The summed E-state index contributed by atoms with van der Waals surface area (Å²) in [5, 5.41) is 2.26. The molecule has 1 rings (SSSR count). The summed E-state index contributed by atoms with van der Waals surface area (Å²) in [6.45, 7) is 3.18. The first kappa shape index (κ1) is 15.8. The van der Waals surface area contributed by atoms with Crippen molar-refractivity contribution in [3.05, 3.63) is 0 Å². The van der Waals surface area contributed by atoms with Crippen LogP contribution in [0.3, 0.4) is 0 Å². The van der Waals surface area contributed by atoms with Crippen LogP contribution in [0.15, 0.2) is 0 Å². The Balaban J connectivity index is 2.65. The lowest BCUT2D eigenvalue weighted by Crippen LogP contribution is -2.65. The van der Waals surface area contributed by atoms with Crippen molar-refractivity contribution in [2.75, 3.05) is 61.9 Å². The molecular formula is C12H30N6. The fourth-order valence-corrected chi connectivity index (χ4v) is 2.91. The second-order valence-electron chi connectivity index (χ2n) is 5.59. The minimum absolute atomic E-state index is 0.0564. The van der Waals surface area contributed by atoms with E-state index in [2.05, 4.69) is 73.0 Å². The van der Waals surface area contributed by atoms with Crippen molar-refractivity contribution >= 4 is 0 Å². The molecular weight excluding hydrogens is 228 g/mol. The zero-order valence-electron chi connectivity index (χ0n) is 12.8. The summed E-state index contributed by atoms with van der Waals surface area (Å²) >= 11 is 0. The van der Waals surface area contributed by atoms with E-state index in [4.69, 9.17) is 0 Å². The van der Waals surface area contributed by atoms with Crippen LogP contribution in [0, 0.1) is 0 Å². The highest BCUT2D eigenvalue weighted by Crippen LogP contribution is 2.22. The molecule has 0 bridgehead atoms. The summed E-state index contributed by atoms with van der Waals surface area (Å²) in [7, 11) is 12.8. The Kier molecular flexibility index (Phi) is 5.97. The van der Waals surface area contributed by atoms with Gasteiger partial charge in [-0.3, -0.25) is 14.7 Å². The van der Waals surface area contributed by atoms with Gasteiger partial charge in [-0.15, -0.1) is 0 Å². The SMILES string of the molecule is CN(C)C(CCN1CCCNN1)(N(C)C)N(C)C. The minimum atomic E-state index is -0.0564. The fourth-order valence-electron chi connectivity index (χ4n) is 2.91. The van der Waals surface area contributed by atoms with Crippen molar-refractivity contribution in [1.82, 2.24) is 30.7 Å². The zero-order valence-corrected chi connectivity index (χ0v) is 12.8. The van der Waals surface area contributed by atoms with Crippen LogP contribution < -0.4 is 11.0 Å². The molecule has 6 nitrogen and oxygen atoms in total. The van der Waals surface area contributed by atoms with E-state index < -0.39 is 0 Å². The second-order valence-corrected chi connectivity index (χ2v) is 5.59. The maximum Gasteiger partial charge on any atom is 0.130 e. The molecule has 0 saturated carbocycles. The van der Waals surface area contributed by atoms with Crippen LogP contribution in [-0.2, 0) is 0 Å². The van der Waals surface area contributed by atoms with Crippen LogP contribution in [0.5, 0.6) is 0 Å². The molecule has 18 heavy (non-hydrogen) atoms. The lowest BCUT2D eigenvalue weighted by molar-refractivity contribution is -0.121. The Hall–Kier alpha value is -0.240. The standard InChI is InChI=1S/C12H30N6/c1-15(2)12(16(3)4,17(5)6)8-11-18-10-7-9-13-14-18/h13-14H,7-11H2,1-6H3. The Labute approximate surface area is 112 Å². The average Bonchev–Trinajstić information content (AvgIpc) is 2.29. The van der Waals surface area contributed by atoms with E-state index >= 15 is 0 Å². The van der Waals surface area contributed by atoms with Crippen LogP contribution in [-0.4, -0.2) is 87.4 Å². The summed E-state index contributed by atoms with van der Waals surface area (Å²) in [5.74, 6) is -0.0564. The molecule has 0 unspecified atom stereocenters. The van der Waals surface area contributed by atoms with Crippen molar-refractivity contribution in [3.63, 3.8) is 0 Å². The summed E-state index contributed by atoms with van der Waals surface area (Å²) in [4.78, 5) is 6.85. The van der Waals surface area contributed by atoms with Crippen molar-refractivity contribution in [2.24, 2.45) is 0 Å². The minimum Gasteiger partial charge on any atom is -0.279 e. The first-order valence-electron chi connectivity index (χ1n) is 6.67. The van der Waals surface area contributed by atoms with Gasteiger partial charge >= 0.3 is 0 Å². The third-order valence-electron chi connectivity index (χ3n) is 3.83. The molecule has 108 valence electrons. The van der Waals surface area contributed by atoms with Gasteiger partial charge in [0.25, 0.3) is 0 Å². The Morgan fingerprint density at radius 3 is 1.94 bits per heavy atom. The van der Waals surface area contributed by atoms with Crippen LogP contribution in [0.2, 0.25) is 0 Å². The normalized spacial score (nSPS) is 19.2. The Bertz CT molecular complexity index is 213. The Morgan fingerprint density at radius 2 is 1.56 bits per heavy atom. The second kappa shape index (κ2) is 6.79. The van der Waals surface area contributed by atoms with Gasteiger partial charge in [-0.1, -0.05) is 0 Å². The number of rotatable bonds is 6. The zero-order chi connectivity index (χ0) is 13.8. The van der Waals surface area contributed by atoms with Gasteiger partial charge in [0.15, 0.2) is 0 Å². The quantitative estimate of drug-likeness (QED) is 0.622. The molecule has 0 atom stereocenters. The van der Waals surface area contributed by atoms with Gasteiger partial charge in [0.1, 0.15) is 5.79 Å². The molecule has 1 saturated heterocycles. The van der Waals surface area contributed by atoms with Gasteiger partial charge in [-0.05, 0) is 48.7 Å². The molecule has 1 fully saturated rings. The summed E-state index contributed by atoms with van der Waals surface area (Å²) in [5.41, 5.74) is 6.43. The summed E-state index contributed by atoms with van der Waals surface area (Å²) in [6, 6.07) is 0. The molecule has 0 radical (unpaired) electrons. The van der Waals surface area contributed by atoms with Gasteiger partial charge in [0.05, 0.1) is 0 Å². The van der Waals surface area contributed by atoms with E-state index in [1.165, 1.54) is 6.42 Å². The van der Waals surface area contributed by atoms with Crippen molar-refractivity contribution < 1.29 is 0 Å². The van der Waals surface area contributed by atoms with E-state index in [0.29, 0.717) is 0 Å². The van der Waals surface area contributed by atoms with E-state index in [9.17, 15) is 0 Å².